The summed E-state index contributed by atoms with van der Waals surface area (Å²) in [5, 5.41) is 3.39. The SMILES string of the molecule is CC(C)NC(=O)C(Cc1ccccc1)N(Cc1ccc(Cl)cc1)C(=O)CN(c1cccc(F)c1)S(C)(=O)=O. The number of carbonyl (C=O) groups is 2. The van der Waals surface area contributed by atoms with E-state index in [0.717, 1.165) is 22.2 Å². The number of nitrogens with one attached hydrogen (secondary N) is 1. The van der Waals surface area contributed by atoms with Crippen LogP contribution < -0.4 is 9.62 Å². The molecule has 38 heavy (non-hydrogen) atoms. The van der Waals surface area contributed by atoms with Crippen LogP contribution >= 0.6 is 11.6 Å². The Bertz CT molecular complexity index is 1350. The molecule has 3 aromatic rings. The minimum Gasteiger partial charge on any atom is -0.352 e. The average Bonchev–Trinajstić information content (AvgIpc) is 2.85. The topological polar surface area (TPSA) is 86.8 Å². The van der Waals surface area contributed by atoms with Crippen LogP contribution in [0.25, 0.3) is 0 Å². The van der Waals surface area contributed by atoms with Gasteiger partial charge in [-0.1, -0.05) is 60.1 Å². The molecule has 3 aromatic carbocycles. The highest BCUT2D eigenvalue weighted by molar-refractivity contribution is 7.92. The van der Waals surface area contributed by atoms with Crippen LogP contribution in [0.5, 0.6) is 0 Å². The van der Waals surface area contributed by atoms with Crippen LogP contribution in [-0.4, -0.2) is 50.0 Å². The molecular weight excluding hydrogens is 529 g/mol. The summed E-state index contributed by atoms with van der Waals surface area (Å²) >= 11 is 6.04. The smallest absolute Gasteiger partial charge is 0.244 e. The average molecular weight is 560 g/mol. The molecule has 0 heterocycles. The maximum Gasteiger partial charge on any atom is 0.244 e. The van der Waals surface area contributed by atoms with Crippen molar-refractivity contribution in [3.05, 3.63) is 101 Å². The Morgan fingerprint density at radius 2 is 1.61 bits per heavy atom. The fraction of sp³-hybridized carbons (Fsp3) is 0.286. The molecule has 2 amide bonds. The van der Waals surface area contributed by atoms with E-state index in [4.69, 9.17) is 11.6 Å². The number of anilines is 1. The van der Waals surface area contributed by atoms with Crippen LogP contribution in [-0.2, 0) is 32.6 Å². The Labute approximate surface area is 228 Å². The van der Waals surface area contributed by atoms with E-state index in [1.54, 1.807) is 24.3 Å². The van der Waals surface area contributed by atoms with E-state index in [2.05, 4.69) is 5.32 Å². The second-order valence-electron chi connectivity index (χ2n) is 9.27. The molecule has 1 atom stereocenters. The summed E-state index contributed by atoms with van der Waals surface area (Å²) in [6, 6.07) is 20.0. The molecule has 10 heteroatoms. The van der Waals surface area contributed by atoms with Crippen molar-refractivity contribution < 1.29 is 22.4 Å². The number of carbonyl (C=O) groups excluding carboxylic acids is 2. The van der Waals surface area contributed by atoms with Crippen LogP contribution in [0.15, 0.2) is 78.9 Å². The lowest BCUT2D eigenvalue weighted by Crippen LogP contribution is -2.54. The van der Waals surface area contributed by atoms with Crippen molar-refractivity contribution in [3.63, 3.8) is 0 Å². The van der Waals surface area contributed by atoms with Crippen molar-refractivity contribution in [1.82, 2.24) is 10.2 Å². The zero-order chi connectivity index (χ0) is 27.9. The van der Waals surface area contributed by atoms with E-state index in [1.165, 1.54) is 23.1 Å². The fourth-order valence-electron chi connectivity index (χ4n) is 3.97. The lowest BCUT2D eigenvalue weighted by Gasteiger charge is -2.34. The molecule has 7 nitrogen and oxygen atoms in total. The van der Waals surface area contributed by atoms with Crippen molar-refractivity contribution in [3.8, 4) is 0 Å². The van der Waals surface area contributed by atoms with Gasteiger partial charge in [-0.25, -0.2) is 12.8 Å². The van der Waals surface area contributed by atoms with Gasteiger partial charge >= 0.3 is 0 Å². The predicted molar refractivity (Wildman–Crippen MR) is 148 cm³/mol. The first-order chi connectivity index (χ1) is 17.9. The summed E-state index contributed by atoms with van der Waals surface area (Å²) in [4.78, 5) is 28.7. The van der Waals surface area contributed by atoms with Crippen molar-refractivity contribution >= 4 is 39.1 Å². The van der Waals surface area contributed by atoms with Gasteiger partial charge in [0, 0.05) is 24.0 Å². The molecule has 0 aliphatic heterocycles. The zero-order valence-electron chi connectivity index (χ0n) is 21.5. The zero-order valence-corrected chi connectivity index (χ0v) is 23.0. The van der Waals surface area contributed by atoms with Crippen LogP contribution in [0.4, 0.5) is 10.1 Å². The molecule has 1 N–H and O–H groups in total. The molecule has 0 fully saturated rings. The Morgan fingerprint density at radius 1 is 0.947 bits per heavy atom. The molecule has 0 aromatic heterocycles. The fourth-order valence-corrected chi connectivity index (χ4v) is 4.93. The van der Waals surface area contributed by atoms with Gasteiger partial charge in [-0.2, -0.15) is 0 Å². The minimum absolute atomic E-state index is 0.0125. The molecule has 0 bridgehead atoms. The van der Waals surface area contributed by atoms with E-state index in [-0.39, 0.29) is 30.6 Å². The standard InChI is InChI=1S/C28H31ClFN3O4S/c1-20(2)31-28(35)26(16-21-8-5-4-6-9-21)32(18-22-12-14-23(29)15-13-22)27(34)19-33(38(3,36)37)25-11-7-10-24(30)17-25/h4-15,17,20,26H,16,18-19H2,1-3H3,(H,31,35). The Balaban J connectivity index is 2.05. The van der Waals surface area contributed by atoms with E-state index in [1.807, 2.05) is 44.2 Å². The van der Waals surface area contributed by atoms with Crippen LogP contribution in [0.2, 0.25) is 5.02 Å². The summed E-state index contributed by atoms with van der Waals surface area (Å²) in [7, 11) is -3.96. The second kappa shape index (κ2) is 12.9. The molecule has 1 unspecified atom stereocenters. The third-order valence-electron chi connectivity index (χ3n) is 5.74. The minimum atomic E-state index is -3.96. The Morgan fingerprint density at radius 3 is 2.18 bits per heavy atom. The predicted octanol–water partition coefficient (Wildman–Crippen LogP) is 4.41. The third-order valence-corrected chi connectivity index (χ3v) is 7.14. The molecule has 0 aliphatic rings. The number of nitrogens with zero attached hydrogens (tertiary/aromatic N) is 2. The lowest BCUT2D eigenvalue weighted by molar-refractivity contribution is -0.140. The number of hydrogen-bond acceptors (Lipinski definition) is 4. The summed E-state index contributed by atoms with van der Waals surface area (Å²) in [6.07, 6.45) is 1.15. The van der Waals surface area contributed by atoms with Gasteiger partial charge in [0.05, 0.1) is 11.9 Å². The molecule has 0 radical (unpaired) electrons. The largest absolute Gasteiger partial charge is 0.352 e. The van der Waals surface area contributed by atoms with Gasteiger partial charge in [0.2, 0.25) is 21.8 Å². The summed E-state index contributed by atoms with van der Waals surface area (Å²) < 4.78 is 40.1. The summed E-state index contributed by atoms with van der Waals surface area (Å²) in [5.41, 5.74) is 1.55. The number of hydrogen-bond donors (Lipinski definition) is 1. The Hall–Kier alpha value is -3.43. The van der Waals surface area contributed by atoms with Gasteiger partial charge in [0.25, 0.3) is 0 Å². The van der Waals surface area contributed by atoms with Crippen molar-refractivity contribution in [2.24, 2.45) is 0 Å². The summed E-state index contributed by atoms with van der Waals surface area (Å²) in [5.74, 6) is -1.63. The third kappa shape index (κ3) is 8.29. The first-order valence-electron chi connectivity index (χ1n) is 12.1. The van der Waals surface area contributed by atoms with Crippen LogP contribution in [0, 0.1) is 5.82 Å². The van der Waals surface area contributed by atoms with Crippen molar-refractivity contribution in [2.75, 3.05) is 17.1 Å². The van der Waals surface area contributed by atoms with Gasteiger partial charge in [-0.15, -0.1) is 0 Å². The number of benzene rings is 3. The molecular formula is C28H31ClFN3O4S. The van der Waals surface area contributed by atoms with E-state index in [9.17, 15) is 22.4 Å². The first kappa shape index (κ1) is 29.1. The monoisotopic (exact) mass is 559 g/mol. The lowest BCUT2D eigenvalue weighted by atomic mass is 10.0. The van der Waals surface area contributed by atoms with Crippen LogP contribution in [0.1, 0.15) is 25.0 Å². The van der Waals surface area contributed by atoms with Crippen molar-refractivity contribution in [2.45, 2.75) is 38.9 Å². The highest BCUT2D eigenvalue weighted by atomic mass is 35.5. The van der Waals surface area contributed by atoms with Gasteiger partial charge in [0.15, 0.2) is 0 Å². The number of amides is 2. The maximum atomic E-state index is 13.9. The maximum absolute atomic E-state index is 13.9. The highest BCUT2D eigenvalue weighted by Gasteiger charge is 2.33. The number of sulfonamides is 1. The quantitative estimate of drug-likeness (QED) is 0.377. The van der Waals surface area contributed by atoms with Gasteiger partial charge in [-0.05, 0) is 55.3 Å². The van der Waals surface area contributed by atoms with E-state index >= 15 is 0 Å². The molecule has 0 spiro atoms. The van der Waals surface area contributed by atoms with E-state index < -0.39 is 34.3 Å². The van der Waals surface area contributed by atoms with Gasteiger partial charge in [0.1, 0.15) is 18.4 Å². The first-order valence-corrected chi connectivity index (χ1v) is 14.3. The summed E-state index contributed by atoms with van der Waals surface area (Å²) in [6.45, 7) is 3.05. The highest BCUT2D eigenvalue weighted by Crippen LogP contribution is 2.21. The van der Waals surface area contributed by atoms with Crippen molar-refractivity contribution in [1.29, 1.82) is 0 Å². The molecule has 3 rings (SSSR count). The molecule has 0 aliphatic carbocycles. The van der Waals surface area contributed by atoms with Crippen LogP contribution in [0.3, 0.4) is 0 Å². The number of halogens is 2. The molecule has 0 saturated carbocycles. The normalized spacial score (nSPS) is 12.2. The molecule has 202 valence electrons. The molecule has 0 saturated heterocycles. The second-order valence-corrected chi connectivity index (χ2v) is 11.6. The Kier molecular flexibility index (Phi) is 9.88. The number of rotatable bonds is 11. The van der Waals surface area contributed by atoms with E-state index in [0.29, 0.717) is 10.6 Å². The van der Waals surface area contributed by atoms with Gasteiger partial charge in [-0.3, -0.25) is 13.9 Å². The van der Waals surface area contributed by atoms with Gasteiger partial charge < -0.3 is 10.2 Å².